The van der Waals surface area contributed by atoms with Crippen molar-refractivity contribution >= 4 is 19.9 Å². The smallest absolute Gasteiger partial charge is 0.214 e. The zero-order valence-electron chi connectivity index (χ0n) is 14.5. The topological polar surface area (TPSA) is 84.7 Å². The van der Waals surface area contributed by atoms with E-state index in [4.69, 9.17) is 4.42 Å². The zero-order chi connectivity index (χ0) is 18.6. The quantitative estimate of drug-likeness (QED) is 0.715. The zero-order valence-corrected chi connectivity index (χ0v) is 16.1. The first-order chi connectivity index (χ1) is 12.4. The van der Waals surface area contributed by atoms with E-state index in [2.05, 4.69) is 0 Å². The average Bonchev–Trinajstić information content (AvgIpc) is 3.13. The lowest BCUT2D eigenvalue weighted by Gasteiger charge is -2.30. The molecule has 2 heterocycles. The third-order valence-corrected chi connectivity index (χ3v) is 8.76. The van der Waals surface area contributed by atoms with E-state index in [0.29, 0.717) is 25.0 Å². The van der Waals surface area contributed by atoms with Crippen molar-refractivity contribution in [1.82, 2.24) is 4.31 Å². The Hall–Kier alpha value is -1.64. The lowest BCUT2D eigenvalue weighted by molar-refractivity contribution is 0.345. The van der Waals surface area contributed by atoms with Gasteiger partial charge in [-0.2, -0.15) is 0 Å². The van der Waals surface area contributed by atoms with Gasteiger partial charge in [0.05, 0.1) is 17.3 Å². The second kappa shape index (κ2) is 7.94. The van der Waals surface area contributed by atoms with Crippen LogP contribution in [0.15, 0.2) is 53.1 Å². The molecule has 26 heavy (non-hydrogen) atoms. The number of furan rings is 1. The number of hydrogen-bond donors (Lipinski definition) is 0. The van der Waals surface area contributed by atoms with Crippen LogP contribution in [0.3, 0.4) is 0 Å². The molecule has 1 aliphatic heterocycles. The van der Waals surface area contributed by atoms with Crippen LogP contribution < -0.4 is 0 Å². The first kappa shape index (κ1) is 19.1. The number of hydrogen-bond acceptors (Lipinski definition) is 5. The van der Waals surface area contributed by atoms with Gasteiger partial charge in [0.1, 0.15) is 11.5 Å². The number of piperidine rings is 1. The first-order valence-corrected chi connectivity index (χ1v) is 11.9. The van der Waals surface area contributed by atoms with E-state index in [1.807, 2.05) is 30.3 Å². The number of nitrogens with zero attached hydrogens (tertiary/aromatic N) is 1. The summed E-state index contributed by atoms with van der Waals surface area (Å²) in [6.45, 7) is 0.498. The Bertz CT molecular complexity index is 898. The Labute approximate surface area is 154 Å². The Morgan fingerprint density at radius 1 is 0.962 bits per heavy atom. The SMILES string of the molecule is O=S(=O)(Cc1ccco1)C1CCN(S(=O)(=O)CCc2ccccc2)CC1. The van der Waals surface area contributed by atoms with Crippen molar-refractivity contribution < 1.29 is 21.3 Å². The molecule has 1 aromatic heterocycles. The highest BCUT2D eigenvalue weighted by Gasteiger charge is 2.34. The minimum absolute atomic E-state index is 0.0425. The van der Waals surface area contributed by atoms with Crippen molar-refractivity contribution in [3.05, 3.63) is 60.1 Å². The molecular formula is C18H23NO5S2. The van der Waals surface area contributed by atoms with Crippen molar-refractivity contribution in [3.8, 4) is 0 Å². The van der Waals surface area contributed by atoms with Gasteiger partial charge >= 0.3 is 0 Å². The molecule has 0 spiro atoms. The highest BCUT2D eigenvalue weighted by Crippen LogP contribution is 2.23. The Balaban J connectivity index is 1.55. The van der Waals surface area contributed by atoms with Gasteiger partial charge in [-0.05, 0) is 37.0 Å². The maximum atomic E-state index is 12.5. The number of sulfonamides is 1. The molecular weight excluding hydrogens is 374 g/mol. The molecule has 0 N–H and O–H groups in total. The second-order valence-electron chi connectivity index (χ2n) is 6.54. The summed E-state index contributed by atoms with van der Waals surface area (Å²) < 4.78 is 56.6. The van der Waals surface area contributed by atoms with Crippen molar-refractivity contribution in [2.75, 3.05) is 18.8 Å². The number of sulfone groups is 1. The van der Waals surface area contributed by atoms with Crippen LogP contribution in [0.2, 0.25) is 0 Å². The van der Waals surface area contributed by atoms with Gasteiger partial charge in [-0.25, -0.2) is 21.1 Å². The van der Waals surface area contributed by atoms with Gasteiger partial charge in [0.25, 0.3) is 0 Å². The Kier molecular flexibility index (Phi) is 5.84. The third-order valence-electron chi connectivity index (χ3n) is 4.72. The maximum absolute atomic E-state index is 12.5. The molecule has 2 aromatic rings. The van der Waals surface area contributed by atoms with Crippen LogP contribution in [0.25, 0.3) is 0 Å². The molecule has 0 atom stereocenters. The fraction of sp³-hybridized carbons (Fsp3) is 0.444. The van der Waals surface area contributed by atoms with Crippen molar-refractivity contribution in [2.45, 2.75) is 30.3 Å². The molecule has 8 heteroatoms. The lowest BCUT2D eigenvalue weighted by Crippen LogP contribution is -2.43. The van der Waals surface area contributed by atoms with E-state index in [-0.39, 0.29) is 24.6 Å². The van der Waals surface area contributed by atoms with Crippen molar-refractivity contribution in [1.29, 1.82) is 0 Å². The molecule has 0 amide bonds. The summed E-state index contributed by atoms with van der Waals surface area (Å²) in [5, 5.41) is -0.520. The predicted octanol–water partition coefficient (Wildman–Crippen LogP) is 2.23. The normalized spacial score (nSPS) is 17.4. The molecule has 6 nitrogen and oxygen atoms in total. The summed E-state index contributed by atoms with van der Waals surface area (Å²) >= 11 is 0. The Morgan fingerprint density at radius 3 is 2.27 bits per heavy atom. The molecule has 0 unspecified atom stereocenters. The van der Waals surface area contributed by atoms with Crippen LogP contribution in [0.5, 0.6) is 0 Å². The molecule has 0 radical (unpaired) electrons. The van der Waals surface area contributed by atoms with Crippen LogP contribution >= 0.6 is 0 Å². The second-order valence-corrected chi connectivity index (χ2v) is 10.9. The molecule has 0 aliphatic carbocycles. The van der Waals surface area contributed by atoms with E-state index in [1.54, 1.807) is 12.1 Å². The summed E-state index contributed by atoms with van der Waals surface area (Å²) in [7, 11) is -6.73. The van der Waals surface area contributed by atoms with Crippen molar-refractivity contribution in [3.63, 3.8) is 0 Å². The molecule has 1 fully saturated rings. The standard InChI is InChI=1S/C18H23NO5S2/c20-25(21,15-17-7-4-13-24-17)18-8-11-19(12-9-18)26(22,23)14-10-16-5-2-1-3-6-16/h1-7,13,18H,8-12,14-15H2. The number of benzene rings is 1. The molecule has 3 rings (SSSR count). The monoisotopic (exact) mass is 397 g/mol. The van der Waals surface area contributed by atoms with Crippen LogP contribution in [0.1, 0.15) is 24.2 Å². The lowest BCUT2D eigenvalue weighted by atomic mass is 10.2. The summed E-state index contributed by atoms with van der Waals surface area (Å²) in [6, 6.07) is 12.8. The maximum Gasteiger partial charge on any atom is 0.214 e. The highest BCUT2D eigenvalue weighted by molar-refractivity contribution is 7.91. The largest absolute Gasteiger partial charge is 0.468 e. The average molecular weight is 398 g/mol. The van der Waals surface area contributed by atoms with Crippen molar-refractivity contribution in [2.24, 2.45) is 0 Å². The van der Waals surface area contributed by atoms with Crippen LogP contribution in [-0.2, 0) is 32.0 Å². The third kappa shape index (κ3) is 4.75. The molecule has 1 saturated heterocycles. The summed E-state index contributed by atoms with van der Waals surface area (Å²) in [6.07, 6.45) is 2.56. The fourth-order valence-electron chi connectivity index (χ4n) is 3.20. The van der Waals surface area contributed by atoms with E-state index < -0.39 is 25.1 Å². The van der Waals surface area contributed by atoms with E-state index in [0.717, 1.165) is 5.56 Å². The first-order valence-electron chi connectivity index (χ1n) is 8.62. The van der Waals surface area contributed by atoms with Crippen LogP contribution in [0, 0.1) is 0 Å². The van der Waals surface area contributed by atoms with E-state index in [9.17, 15) is 16.8 Å². The van der Waals surface area contributed by atoms with Gasteiger partial charge in [0, 0.05) is 13.1 Å². The molecule has 0 bridgehead atoms. The summed E-state index contributed by atoms with van der Waals surface area (Å²) in [4.78, 5) is 0. The van der Waals surface area contributed by atoms with E-state index in [1.165, 1.54) is 10.6 Å². The minimum atomic E-state index is -3.38. The van der Waals surface area contributed by atoms with Gasteiger partial charge < -0.3 is 4.42 Å². The molecule has 1 aromatic carbocycles. The highest BCUT2D eigenvalue weighted by atomic mass is 32.2. The minimum Gasteiger partial charge on any atom is -0.468 e. The number of rotatable bonds is 7. The van der Waals surface area contributed by atoms with Crippen LogP contribution in [0.4, 0.5) is 0 Å². The van der Waals surface area contributed by atoms with Crippen LogP contribution in [-0.4, -0.2) is 45.2 Å². The van der Waals surface area contributed by atoms with Gasteiger partial charge in [-0.3, -0.25) is 0 Å². The van der Waals surface area contributed by atoms with Gasteiger partial charge in [0.15, 0.2) is 9.84 Å². The predicted molar refractivity (Wildman–Crippen MR) is 99.9 cm³/mol. The van der Waals surface area contributed by atoms with Gasteiger partial charge in [-0.15, -0.1) is 0 Å². The number of aryl methyl sites for hydroxylation is 1. The van der Waals surface area contributed by atoms with Gasteiger partial charge in [0.2, 0.25) is 10.0 Å². The summed E-state index contributed by atoms with van der Waals surface area (Å²) in [5.74, 6) is 0.328. The molecule has 1 aliphatic rings. The molecule has 0 saturated carbocycles. The van der Waals surface area contributed by atoms with Gasteiger partial charge in [-0.1, -0.05) is 30.3 Å². The summed E-state index contributed by atoms with van der Waals surface area (Å²) in [5.41, 5.74) is 0.979. The Morgan fingerprint density at radius 2 is 1.65 bits per heavy atom. The fourth-order valence-corrected chi connectivity index (χ4v) is 6.45. The molecule has 142 valence electrons. The van der Waals surface area contributed by atoms with E-state index >= 15 is 0 Å².